The molecule has 0 aliphatic heterocycles. The number of fused-ring (bicyclic) bond motifs is 2. The molecule has 5 heteroatoms. The molecule has 1 aromatic carbocycles. The monoisotopic (exact) mass is 294 g/mol. The summed E-state index contributed by atoms with van der Waals surface area (Å²) in [4.78, 5) is 4.39. The van der Waals surface area contributed by atoms with Gasteiger partial charge in [0, 0.05) is 18.3 Å². The van der Waals surface area contributed by atoms with E-state index in [0.717, 1.165) is 49.4 Å². The minimum atomic E-state index is -1.43. The number of rotatable bonds is 2. The van der Waals surface area contributed by atoms with E-state index in [9.17, 15) is 13.2 Å². The standard InChI is InChI=1S/C16H17F3N2/c1-2-20-16-9-6-4-3-5-7-11(9)21-12-8-10(17)14(18)15(19)13(12)16/h8H,2-7H2,1H3,(H,20,21). The summed E-state index contributed by atoms with van der Waals surface area (Å²) in [5.74, 6) is -3.78. The van der Waals surface area contributed by atoms with Crippen molar-refractivity contribution < 1.29 is 13.2 Å². The van der Waals surface area contributed by atoms with Crippen LogP contribution >= 0.6 is 0 Å². The van der Waals surface area contributed by atoms with E-state index in [1.807, 2.05) is 6.92 Å². The van der Waals surface area contributed by atoms with E-state index >= 15 is 0 Å². The number of pyridine rings is 1. The maximum Gasteiger partial charge on any atom is 0.195 e. The highest BCUT2D eigenvalue weighted by Crippen LogP contribution is 2.35. The van der Waals surface area contributed by atoms with Crippen LogP contribution in [-0.4, -0.2) is 11.5 Å². The van der Waals surface area contributed by atoms with Crippen LogP contribution < -0.4 is 5.32 Å². The van der Waals surface area contributed by atoms with Crippen LogP contribution in [0.25, 0.3) is 10.9 Å². The van der Waals surface area contributed by atoms with Gasteiger partial charge < -0.3 is 5.32 Å². The fraction of sp³-hybridized carbons (Fsp3) is 0.438. The number of hydrogen-bond donors (Lipinski definition) is 1. The van der Waals surface area contributed by atoms with Crippen LogP contribution in [0.4, 0.5) is 18.9 Å². The van der Waals surface area contributed by atoms with Gasteiger partial charge >= 0.3 is 0 Å². The minimum absolute atomic E-state index is 0.0661. The quantitative estimate of drug-likeness (QED) is 0.658. The molecule has 1 heterocycles. The SMILES string of the molecule is CCNc1c2c(nc3cc(F)c(F)c(F)c13)CCCCC2. The summed E-state index contributed by atoms with van der Waals surface area (Å²) in [6, 6.07) is 0.986. The highest BCUT2D eigenvalue weighted by molar-refractivity contribution is 5.94. The topological polar surface area (TPSA) is 24.9 Å². The summed E-state index contributed by atoms with van der Waals surface area (Å²) < 4.78 is 41.3. The van der Waals surface area contributed by atoms with Gasteiger partial charge in [0.05, 0.1) is 16.6 Å². The van der Waals surface area contributed by atoms with Gasteiger partial charge in [0.15, 0.2) is 17.5 Å². The van der Waals surface area contributed by atoms with Gasteiger partial charge in [-0.05, 0) is 38.2 Å². The molecule has 112 valence electrons. The molecule has 0 atom stereocenters. The van der Waals surface area contributed by atoms with Crippen molar-refractivity contribution >= 4 is 16.6 Å². The first-order chi connectivity index (χ1) is 10.1. The molecule has 2 nitrogen and oxygen atoms in total. The van der Waals surface area contributed by atoms with Crippen molar-refractivity contribution in [1.82, 2.24) is 4.98 Å². The van der Waals surface area contributed by atoms with Gasteiger partial charge in [0.2, 0.25) is 0 Å². The molecule has 0 fully saturated rings. The second-order valence-electron chi connectivity index (χ2n) is 5.38. The zero-order chi connectivity index (χ0) is 15.0. The number of nitrogens with zero attached hydrogens (tertiary/aromatic N) is 1. The van der Waals surface area contributed by atoms with Crippen LogP contribution in [0.5, 0.6) is 0 Å². The number of hydrogen-bond acceptors (Lipinski definition) is 2. The van der Waals surface area contributed by atoms with Crippen LogP contribution in [0.1, 0.15) is 37.4 Å². The van der Waals surface area contributed by atoms with Crippen LogP contribution in [0.2, 0.25) is 0 Å². The molecule has 1 aliphatic carbocycles. The molecule has 21 heavy (non-hydrogen) atoms. The fourth-order valence-corrected chi connectivity index (χ4v) is 3.04. The number of aromatic nitrogens is 1. The minimum Gasteiger partial charge on any atom is -0.384 e. The van der Waals surface area contributed by atoms with E-state index in [2.05, 4.69) is 10.3 Å². The first-order valence-electron chi connectivity index (χ1n) is 7.36. The summed E-state index contributed by atoms with van der Waals surface area (Å²) in [6.45, 7) is 2.48. The third-order valence-electron chi connectivity index (χ3n) is 3.99. The molecule has 1 aliphatic rings. The fourth-order valence-electron chi connectivity index (χ4n) is 3.04. The Morgan fingerprint density at radius 1 is 1.10 bits per heavy atom. The Balaban J connectivity index is 2.37. The Morgan fingerprint density at radius 3 is 2.62 bits per heavy atom. The van der Waals surface area contributed by atoms with Gasteiger partial charge in [-0.25, -0.2) is 13.2 Å². The summed E-state index contributed by atoms with van der Waals surface area (Å²) in [5, 5.41) is 3.19. The average Bonchev–Trinajstić information content (AvgIpc) is 2.70. The Bertz CT molecular complexity index is 698. The number of nitrogens with one attached hydrogen (secondary N) is 1. The van der Waals surface area contributed by atoms with Crippen molar-refractivity contribution in [3.63, 3.8) is 0 Å². The zero-order valence-electron chi connectivity index (χ0n) is 11.9. The first kappa shape index (κ1) is 14.2. The smallest absolute Gasteiger partial charge is 0.195 e. The molecule has 0 spiro atoms. The molecule has 0 saturated carbocycles. The molecular weight excluding hydrogens is 277 g/mol. The maximum atomic E-state index is 14.2. The van der Waals surface area contributed by atoms with E-state index < -0.39 is 17.5 Å². The van der Waals surface area contributed by atoms with Crippen molar-refractivity contribution in [2.75, 3.05) is 11.9 Å². The van der Waals surface area contributed by atoms with E-state index in [1.54, 1.807) is 0 Å². The molecule has 0 radical (unpaired) electrons. The molecule has 0 bridgehead atoms. The number of benzene rings is 1. The lowest BCUT2D eigenvalue weighted by atomic mass is 10.0. The lowest BCUT2D eigenvalue weighted by molar-refractivity contribution is 0.453. The van der Waals surface area contributed by atoms with Gasteiger partial charge in [-0.3, -0.25) is 4.98 Å². The maximum absolute atomic E-state index is 14.2. The summed E-state index contributed by atoms with van der Waals surface area (Å²) in [5.41, 5.74) is 2.59. The lowest BCUT2D eigenvalue weighted by Gasteiger charge is -2.17. The lowest BCUT2D eigenvalue weighted by Crippen LogP contribution is -2.08. The predicted molar refractivity (Wildman–Crippen MR) is 77.0 cm³/mol. The van der Waals surface area contributed by atoms with Gasteiger partial charge in [-0.2, -0.15) is 0 Å². The van der Waals surface area contributed by atoms with Gasteiger partial charge in [0.1, 0.15) is 0 Å². The predicted octanol–water partition coefficient (Wildman–Crippen LogP) is 4.35. The van der Waals surface area contributed by atoms with Gasteiger partial charge in [-0.1, -0.05) is 6.42 Å². The molecular formula is C16H17F3N2. The van der Waals surface area contributed by atoms with Crippen molar-refractivity contribution in [3.05, 3.63) is 34.8 Å². The highest BCUT2D eigenvalue weighted by atomic mass is 19.2. The summed E-state index contributed by atoms with van der Waals surface area (Å²) in [6.07, 6.45) is 4.69. The summed E-state index contributed by atoms with van der Waals surface area (Å²) in [7, 11) is 0. The van der Waals surface area contributed by atoms with Crippen LogP contribution in [0, 0.1) is 17.5 Å². The molecule has 2 aromatic rings. The summed E-state index contributed by atoms with van der Waals surface area (Å²) >= 11 is 0. The Morgan fingerprint density at radius 2 is 1.86 bits per heavy atom. The van der Waals surface area contributed by atoms with E-state index in [0.29, 0.717) is 12.2 Å². The van der Waals surface area contributed by atoms with Crippen molar-refractivity contribution in [2.45, 2.75) is 39.0 Å². The highest BCUT2D eigenvalue weighted by Gasteiger charge is 2.22. The van der Waals surface area contributed by atoms with Crippen LogP contribution in [0.15, 0.2) is 6.07 Å². The average molecular weight is 294 g/mol. The molecule has 1 N–H and O–H groups in total. The van der Waals surface area contributed by atoms with E-state index in [1.165, 1.54) is 0 Å². The van der Waals surface area contributed by atoms with Gasteiger partial charge in [-0.15, -0.1) is 0 Å². The Labute approximate surface area is 121 Å². The third-order valence-corrected chi connectivity index (χ3v) is 3.99. The third kappa shape index (κ3) is 2.34. The molecule has 0 saturated heterocycles. The molecule has 3 rings (SSSR count). The van der Waals surface area contributed by atoms with Crippen LogP contribution in [-0.2, 0) is 12.8 Å². The van der Waals surface area contributed by atoms with Crippen molar-refractivity contribution in [3.8, 4) is 0 Å². The second-order valence-corrected chi connectivity index (χ2v) is 5.38. The molecule has 0 amide bonds. The van der Waals surface area contributed by atoms with Gasteiger partial charge in [0.25, 0.3) is 0 Å². The largest absolute Gasteiger partial charge is 0.384 e. The van der Waals surface area contributed by atoms with E-state index in [4.69, 9.17) is 0 Å². The number of aryl methyl sites for hydroxylation is 1. The first-order valence-corrected chi connectivity index (χ1v) is 7.36. The van der Waals surface area contributed by atoms with Crippen molar-refractivity contribution in [2.24, 2.45) is 0 Å². The Hall–Kier alpha value is -1.78. The normalized spacial score (nSPS) is 14.9. The van der Waals surface area contributed by atoms with Crippen LogP contribution in [0.3, 0.4) is 0 Å². The number of anilines is 1. The number of halogens is 3. The Kier molecular flexibility index (Phi) is 3.74. The molecule has 0 unspecified atom stereocenters. The zero-order valence-corrected chi connectivity index (χ0v) is 11.9. The molecule has 1 aromatic heterocycles. The van der Waals surface area contributed by atoms with Crippen molar-refractivity contribution in [1.29, 1.82) is 0 Å². The second kappa shape index (κ2) is 5.54. The van der Waals surface area contributed by atoms with E-state index in [-0.39, 0.29) is 10.9 Å².